The predicted molar refractivity (Wildman–Crippen MR) is 68.8 cm³/mol. The van der Waals surface area contributed by atoms with Crippen molar-refractivity contribution in [3.05, 3.63) is 47.1 Å². The maximum Gasteiger partial charge on any atom is 0.240 e. The minimum atomic E-state index is 0.496. The van der Waals surface area contributed by atoms with Gasteiger partial charge in [0, 0.05) is 6.42 Å². The van der Waals surface area contributed by atoms with Crippen molar-refractivity contribution in [2.24, 2.45) is 0 Å². The zero-order valence-corrected chi connectivity index (χ0v) is 10.3. The van der Waals surface area contributed by atoms with Crippen molar-refractivity contribution >= 4 is 0 Å². The van der Waals surface area contributed by atoms with Crippen LogP contribution in [0.4, 0.5) is 0 Å². The number of benzene rings is 1. The van der Waals surface area contributed by atoms with E-state index >= 15 is 0 Å². The third kappa shape index (κ3) is 3.19. The second-order valence-corrected chi connectivity index (χ2v) is 4.02. The van der Waals surface area contributed by atoms with Gasteiger partial charge in [-0.3, -0.25) is 5.32 Å². The Kier molecular flexibility index (Phi) is 4.11. The summed E-state index contributed by atoms with van der Waals surface area (Å²) in [6.07, 6.45) is 5.82. The fourth-order valence-corrected chi connectivity index (χ4v) is 1.65. The lowest BCUT2D eigenvalue weighted by atomic mass is 10.1. The van der Waals surface area contributed by atoms with E-state index in [1.165, 1.54) is 11.1 Å². The summed E-state index contributed by atoms with van der Waals surface area (Å²) in [7, 11) is 0. The van der Waals surface area contributed by atoms with Crippen molar-refractivity contribution in [1.82, 2.24) is 15.5 Å². The summed E-state index contributed by atoms with van der Waals surface area (Å²) < 4.78 is 5.13. The van der Waals surface area contributed by atoms with Crippen LogP contribution in [0.3, 0.4) is 0 Å². The Morgan fingerprint density at radius 1 is 1.39 bits per heavy atom. The van der Waals surface area contributed by atoms with Gasteiger partial charge < -0.3 is 4.52 Å². The second kappa shape index (κ2) is 5.99. The van der Waals surface area contributed by atoms with Gasteiger partial charge in [-0.15, -0.1) is 6.42 Å². The molecule has 0 aliphatic carbocycles. The first kappa shape index (κ1) is 12.3. The van der Waals surface area contributed by atoms with E-state index in [0.717, 1.165) is 0 Å². The molecule has 18 heavy (non-hydrogen) atoms. The molecule has 0 bridgehead atoms. The molecule has 4 nitrogen and oxygen atoms in total. The monoisotopic (exact) mass is 241 g/mol. The third-order valence-corrected chi connectivity index (χ3v) is 2.62. The highest BCUT2D eigenvalue weighted by atomic mass is 16.5. The Balaban J connectivity index is 1.99. The Morgan fingerprint density at radius 3 is 3.00 bits per heavy atom. The highest BCUT2D eigenvalue weighted by Crippen LogP contribution is 2.11. The standard InChI is InChI=1S/C14H15N3O/c1-3-8-15-10-14-16-13(17-18-14)9-12-7-5-4-6-11(12)2/h1,4-7,15H,8-10H2,2H3. The summed E-state index contributed by atoms with van der Waals surface area (Å²) in [4.78, 5) is 4.31. The molecule has 0 aliphatic rings. The topological polar surface area (TPSA) is 51.0 Å². The lowest BCUT2D eigenvalue weighted by Gasteiger charge is -2.00. The number of terminal acetylenes is 1. The van der Waals surface area contributed by atoms with Gasteiger partial charge >= 0.3 is 0 Å². The van der Waals surface area contributed by atoms with Gasteiger partial charge in [-0.05, 0) is 18.1 Å². The Hall–Kier alpha value is -2.12. The molecule has 0 aliphatic heterocycles. The second-order valence-electron chi connectivity index (χ2n) is 4.02. The van der Waals surface area contributed by atoms with Gasteiger partial charge in [0.05, 0.1) is 13.1 Å². The van der Waals surface area contributed by atoms with Crippen molar-refractivity contribution in [2.75, 3.05) is 6.54 Å². The Morgan fingerprint density at radius 2 is 2.22 bits per heavy atom. The highest BCUT2D eigenvalue weighted by molar-refractivity contribution is 5.27. The molecule has 0 fully saturated rings. The molecule has 1 N–H and O–H groups in total. The van der Waals surface area contributed by atoms with E-state index in [1.807, 2.05) is 12.1 Å². The average molecular weight is 241 g/mol. The summed E-state index contributed by atoms with van der Waals surface area (Å²) in [6.45, 7) is 3.07. The van der Waals surface area contributed by atoms with Crippen LogP contribution in [0.2, 0.25) is 0 Å². The normalized spacial score (nSPS) is 10.2. The summed E-state index contributed by atoms with van der Waals surface area (Å²) >= 11 is 0. The molecule has 1 aromatic heterocycles. The first-order chi connectivity index (χ1) is 8.79. The number of aromatic nitrogens is 2. The van der Waals surface area contributed by atoms with Crippen LogP contribution in [0.15, 0.2) is 28.8 Å². The fraction of sp³-hybridized carbons (Fsp3) is 0.286. The molecule has 0 saturated heterocycles. The first-order valence-electron chi connectivity index (χ1n) is 5.79. The maximum absolute atomic E-state index is 5.14. The maximum atomic E-state index is 5.14. The molecule has 0 atom stereocenters. The van der Waals surface area contributed by atoms with Gasteiger partial charge in [0.15, 0.2) is 5.82 Å². The third-order valence-electron chi connectivity index (χ3n) is 2.62. The van der Waals surface area contributed by atoms with Crippen LogP contribution in [0.1, 0.15) is 22.8 Å². The van der Waals surface area contributed by atoms with Crippen LogP contribution in [0, 0.1) is 19.3 Å². The van der Waals surface area contributed by atoms with Crippen molar-refractivity contribution < 1.29 is 4.52 Å². The van der Waals surface area contributed by atoms with Gasteiger partial charge in [0.25, 0.3) is 0 Å². The van der Waals surface area contributed by atoms with E-state index in [2.05, 4.69) is 40.4 Å². The number of rotatable bonds is 5. The molecular formula is C14H15N3O. The molecule has 0 radical (unpaired) electrons. The van der Waals surface area contributed by atoms with E-state index in [0.29, 0.717) is 31.2 Å². The van der Waals surface area contributed by atoms with Gasteiger partial charge in [-0.25, -0.2) is 0 Å². The number of aryl methyl sites for hydroxylation is 1. The molecule has 1 heterocycles. The van der Waals surface area contributed by atoms with Gasteiger partial charge in [0.1, 0.15) is 0 Å². The molecule has 92 valence electrons. The molecule has 0 amide bonds. The van der Waals surface area contributed by atoms with E-state index in [1.54, 1.807) is 0 Å². The predicted octanol–water partition coefficient (Wildman–Crippen LogP) is 1.69. The number of hydrogen-bond donors (Lipinski definition) is 1. The number of nitrogens with one attached hydrogen (secondary N) is 1. The molecule has 1 aromatic carbocycles. The number of hydrogen-bond acceptors (Lipinski definition) is 4. The van der Waals surface area contributed by atoms with Gasteiger partial charge in [0.2, 0.25) is 5.89 Å². The minimum absolute atomic E-state index is 0.496. The molecule has 0 spiro atoms. The summed E-state index contributed by atoms with van der Waals surface area (Å²) in [6, 6.07) is 8.18. The fourth-order valence-electron chi connectivity index (χ4n) is 1.65. The Labute approximate surface area is 106 Å². The SMILES string of the molecule is C#CCNCc1nc(Cc2ccccc2C)no1. The Bertz CT molecular complexity index is 554. The molecule has 0 unspecified atom stereocenters. The summed E-state index contributed by atoms with van der Waals surface area (Å²) in [5.74, 6) is 3.75. The van der Waals surface area contributed by atoms with E-state index < -0.39 is 0 Å². The molecule has 0 saturated carbocycles. The average Bonchev–Trinajstić information content (AvgIpc) is 2.80. The van der Waals surface area contributed by atoms with Gasteiger partial charge in [-0.2, -0.15) is 4.98 Å². The lowest BCUT2D eigenvalue weighted by molar-refractivity contribution is 0.366. The van der Waals surface area contributed by atoms with E-state index in [-0.39, 0.29) is 0 Å². The van der Waals surface area contributed by atoms with Crippen molar-refractivity contribution in [1.29, 1.82) is 0 Å². The van der Waals surface area contributed by atoms with E-state index in [4.69, 9.17) is 10.9 Å². The first-order valence-corrected chi connectivity index (χ1v) is 5.79. The van der Waals surface area contributed by atoms with Crippen LogP contribution >= 0.6 is 0 Å². The molecular weight excluding hydrogens is 226 g/mol. The highest BCUT2D eigenvalue weighted by Gasteiger charge is 2.07. The van der Waals surface area contributed by atoms with Crippen LogP contribution < -0.4 is 5.32 Å². The van der Waals surface area contributed by atoms with Crippen molar-refractivity contribution in [3.8, 4) is 12.3 Å². The van der Waals surface area contributed by atoms with E-state index in [9.17, 15) is 0 Å². The van der Waals surface area contributed by atoms with Crippen LogP contribution in [0.5, 0.6) is 0 Å². The van der Waals surface area contributed by atoms with Crippen LogP contribution in [0.25, 0.3) is 0 Å². The van der Waals surface area contributed by atoms with Crippen LogP contribution in [-0.2, 0) is 13.0 Å². The van der Waals surface area contributed by atoms with Crippen molar-refractivity contribution in [3.63, 3.8) is 0 Å². The number of nitrogens with zero attached hydrogens (tertiary/aromatic N) is 2. The minimum Gasteiger partial charge on any atom is -0.338 e. The molecule has 2 aromatic rings. The van der Waals surface area contributed by atoms with Gasteiger partial charge in [-0.1, -0.05) is 35.3 Å². The zero-order valence-electron chi connectivity index (χ0n) is 10.3. The summed E-state index contributed by atoms with van der Waals surface area (Å²) in [5, 5.41) is 6.96. The largest absolute Gasteiger partial charge is 0.338 e. The smallest absolute Gasteiger partial charge is 0.240 e. The zero-order chi connectivity index (χ0) is 12.8. The quantitative estimate of drug-likeness (QED) is 0.639. The molecule has 4 heteroatoms. The summed E-state index contributed by atoms with van der Waals surface area (Å²) in [5.41, 5.74) is 2.44. The molecule has 2 rings (SSSR count). The van der Waals surface area contributed by atoms with Crippen molar-refractivity contribution in [2.45, 2.75) is 19.9 Å². The lowest BCUT2D eigenvalue weighted by Crippen LogP contribution is -2.13. The van der Waals surface area contributed by atoms with Crippen LogP contribution in [-0.4, -0.2) is 16.7 Å².